The molecule has 0 bridgehead atoms. The van der Waals surface area contributed by atoms with Crippen molar-refractivity contribution in [3.05, 3.63) is 34.2 Å². The lowest BCUT2D eigenvalue weighted by Gasteiger charge is -2.22. The van der Waals surface area contributed by atoms with E-state index < -0.39 is 0 Å². The summed E-state index contributed by atoms with van der Waals surface area (Å²) in [6.07, 6.45) is 1.82. The second-order valence-electron chi connectivity index (χ2n) is 6.01. The topological polar surface area (TPSA) is 51.1 Å². The maximum atomic E-state index is 5.22. The molecule has 5 nitrogen and oxygen atoms in total. The van der Waals surface area contributed by atoms with Gasteiger partial charge in [-0.25, -0.2) is 15.0 Å². The van der Waals surface area contributed by atoms with Crippen LogP contribution in [-0.2, 0) is 23.3 Å². The molecule has 0 radical (unpaired) electrons. The van der Waals surface area contributed by atoms with Crippen molar-refractivity contribution < 1.29 is 4.74 Å². The molecule has 0 aromatic carbocycles. The highest BCUT2D eigenvalue weighted by atomic mass is 32.1. The number of anilines is 1. The molecular formula is C15H22N4OS. The first-order chi connectivity index (χ1) is 9.90. The number of ether oxygens (including phenoxy) is 1. The second kappa shape index (κ2) is 6.49. The molecular weight excluding hydrogens is 284 g/mol. The van der Waals surface area contributed by atoms with Gasteiger partial charge in [-0.15, -0.1) is 11.3 Å². The van der Waals surface area contributed by atoms with Gasteiger partial charge in [-0.3, -0.25) is 0 Å². The van der Waals surface area contributed by atoms with Gasteiger partial charge in [0.2, 0.25) is 0 Å². The van der Waals surface area contributed by atoms with Crippen LogP contribution < -0.4 is 4.90 Å². The number of hydrogen-bond acceptors (Lipinski definition) is 6. The largest absolute Gasteiger partial charge is 0.378 e. The quantitative estimate of drug-likeness (QED) is 0.850. The van der Waals surface area contributed by atoms with Crippen LogP contribution in [0.2, 0.25) is 0 Å². The minimum absolute atomic E-state index is 0.0967. The van der Waals surface area contributed by atoms with Gasteiger partial charge in [-0.2, -0.15) is 0 Å². The van der Waals surface area contributed by atoms with Crippen LogP contribution in [0.5, 0.6) is 0 Å². The third-order valence-corrected chi connectivity index (χ3v) is 3.74. The Morgan fingerprint density at radius 2 is 2.05 bits per heavy atom. The zero-order valence-electron chi connectivity index (χ0n) is 13.3. The lowest BCUT2D eigenvalue weighted by molar-refractivity contribution is 0.181. The third-order valence-electron chi connectivity index (χ3n) is 2.98. The average Bonchev–Trinajstić information content (AvgIpc) is 2.90. The lowest BCUT2D eigenvalue weighted by Crippen LogP contribution is -2.23. The van der Waals surface area contributed by atoms with Crippen molar-refractivity contribution in [2.75, 3.05) is 19.1 Å². The van der Waals surface area contributed by atoms with Gasteiger partial charge in [0, 0.05) is 37.2 Å². The van der Waals surface area contributed by atoms with E-state index in [2.05, 4.69) is 35.6 Å². The third kappa shape index (κ3) is 4.22. The van der Waals surface area contributed by atoms with E-state index in [0.29, 0.717) is 6.61 Å². The zero-order valence-corrected chi connectivity index (χ0v) is 14.1. The average molecular weight is 306 g/mol. The Morgan fingerprint density at radius 1 is 1.29 bits per heavy atom. The van der Waals surface area contributed by atoms with Crippen LogP contribution in [0, 0.1) is 0 Å². The molecule has 0 saturated carbocycles. The van der Waals surface area contributed by atoms with Crippen molar-refractivity contribution in [1.29, 1.82) is 0 Å². The van der Waals surface area contributed by atoms with Gasteiger partial charge in [-0.05, 0) is 0 Å². The highest BCUT2D eigenvalue weighted by molar-refractivity contribution is 7.09. The first-order valence-electron chi connectivity index (χ1n) is 6.87. The van der Waals surface area contributed by atoms with Crippen molar-refractivity contribution >= 4 is 17.2 Å². The molecule has 2 aromatic rings. The SMILES string of the molecule is COCc1cc(N(C)Cc2nccs2)nc(C(C)(C)C)n1. The zero-order chi connectivity index (χ0) is 15.5. The summed E-state index contributed by atoms with van der Waals surface area (Å²) in [5.74, 6) is 1.73. The molecule has 6 heteroatoms. The van der Waals surface area contributed by atoms with Gasteiger partial charge in [0.15, 0.2) is 0 Å². The molecule has 2 heterocycles. The molecule has 0 aliphatic rings. The van der Waals surface area contributed by atoms with Crippen LogP contribution in [0.1, 0.15) is 37.3 Å². The van der Waals surface area contributed by atoms with Gasteiger partial charge in [0.1, 0.15) is 16.6 Å². The molecule has 0 spiro atoms. The fourth-order valence-corrected chi connectivity index (χ4v) is 2.52. The predicted molar refractivity (Wildman–Crippen MR) is 85.7 cm³/mol. The van der Waals surface area contributed by atoms with Crippen molar-refractivity contribution in [2.45, 2.75) is 39.3 Å². The number of methoxy groups -OCH3 is 1. The molecule has 0 aliphatic carbocycles. The summed E-state index contributed by atoms with van der Waals surface area (Å²) in [5.41, 5.74) is 0.805. The Labute approximate surface area is 130 Å². The maximum absolute atomic E-state index is 5.22. The molecule has 0 saturated heterocycles. The highest BCUT2D eigenvalue weighted by Gasteiger charge is 2.20. The summed E-state index contributed by atoms with van der Waals surface area (Å²) in [6.45, 7) is 7.57. The summed E-state index contributed by atoms with van der Waals surface area (Å²) in [5, 5.41) is 3.06. The first-order valence-corrected chi connectivity index (χ1v) is 7.75. The molecule has 0 unspecified atom stereocenters. The second-order valence-corrected chi connectivity index (χ2v) is 6.99. The Kier molecular flexibility index (Phi) is 4.90. The van der Waals surface area contributed by atoms with Crippen LogP contribution in [0.3, 0.4) is 0 Å². The summed E-state index contributed by atoms with van der Waals surface area (Å²) in [7, 11) is 3.70. The monoisotopic (exact) mass is 306 g/mol. The Balaban J connectivity index is 2.30. The fourth-order valence-electron chi connectivity index (χ4n) is 1.85. The van der Waals surface area contributed by atoms with Crippen LogP contribution >= 0.6 is 11.3 Å². The molecule has 114 valence electrons. The van der Waals surface area contributed by atoms with Gasteiger partial charge in [-0.1, -0.05) is 20.8 Å². The number of aromatic nitrogens is 3. The smallest absolute Gasteiger partial charge is 0.136 e. The van der Waals surface area contributed by atoms with Gasteiger partial charge >= 0.3 is 0 Å². The molecule has 21 heavy (non-hydrogen) atoms. The predicted octanol–water partition coefficient (Wildman–Crippen LogP) is 3.01. The van der Waals surface area contributed by atoms with Crippen molar-refractivity contribution in [3.8, 4) is 0 Å². The van der Waals surface area contributed by atoms with E-state index >= 15 is 0 Å². The Morgan fingerprint density at radius 3 is 2.62 bits per heavy atom. The van der Waals surface area contributed by atoms with Crippen LogP contribution in [0.25, 0.3) is 0 Å². The molecule has 0 aliphatic heterocycles. The molecule has 0 amide bonds. The van der Waals surface area contributed by atoms with E-state index in [1.165, 1.54) is 0 Å². The minimum atomic E-state index is -0.0967. The normalized spacial score (nSPS) is 11.7. The molecule has 2 rings (SSSR count). The maximum Gasteiger partial charge on any atom is 0.136 e. The Hall–Kier alpha value is -1.53. The van der Waals surface area contributed by atoms with Crippen molar-refractivity contribution in [2.24, 2.45) is 0 Å². The summed E-state index contributed by atoms with van der Waals surface area (Å²) in [4.78, 5) is 15.7. The van der Waals surface area contributed by atoms with Crippen molar-refractivity contribution in [1.82, 2.24) is 15.0 Å². The summed E-state index contributed by atoms with van der Waals surface area (Å²) >= 11 is 1.65. The van der Waals surface area contributed by atoms with Gasteiger partial charge in [0.25, 0.3) is 0 Å². The fraction of sp³-hybridized carbons (Fsp3) is 0.533. The van der Waals surface area contributed by atoms with Gasteiger partial charge in [0.05, 0.1) is 18.8 Å². The van der Waals surface area contributed by atoms with E-state index in [1.54, 1.807) is 18.4 Å². The minimum Gasteiger partial charge on any atom is -0.378 e. The standard InChI is InChI=1S/C15H22N4OS/c1-15(2,3)14-17-11(10-20-5)8-12(18-14)19(4)9-13-16-6-7-21-13/h6-8H,9-10H2,1-5H3. The molecule has 0 N–H and O–H groups in total. The Bertz CT molecular complexity index is 578. The highest BCUT2D eigenvalue weighted by Crippen LogP contribution is 2.23. The lowest BCUT2D eigenvalue weighted by atomic mass is 9.95. The number of thiazole rings is 1. The molecule has 2 aromatic heterocycles. The van der Waals surface area contributed by atoms with Crippen molar-refractivity contribution in [3.63, 3.8) is 0 Å². The summed E-state index contributed by atoms with van der Waals surface area (Å²) in [6, 6.07) is 1.98. The van der Waals surface area contributed by atoms with Gasteiger partial charge < -0.3 is 9.64 Å². The molecule has 0 fully saturated rings. The number of hydrogen-bond donors (Lipinski definition) is 0. The number of nitrogens with zero attached hydrogens (tertiary/aromatic N) is 4. The van der Waals surface area contributed by atoms with Crippen LogP contribution in [0.4, 0.5) is 5.82 Å². The van der Waals surface area contributed by atoms with E-state index in [0.717, 1.165) is 28.9 Å². The van der Waals surface area contributed by atoms with Crippen LogP contribution in [-0.4, -0.2) is 29.1 Å². The number of rotatable bonds is 5. The first kappa shape index (κ1) is 15.9. The van der Waals surface area contributed by atoms with E-state index in [9.17, 15) is 0 Å². The summed E-state index contributed by atoms with van der Waals surface area (Å²) < 4.78 is 5.22. The molecule has 0 atom stereocenters. The van der Waals surface area contributed by atoms with E-state index in [-0.39, 0.29) is 5.41 Å². The van der Waals surface area contributed by atoms with Crippen LogP contribution in [0.15, 0.2) is 17.6 Å². The van der Waals surface area contributed by atoms with E-state index in [1.807, 2.05) is 24.7 Å². The van der Waals surface area contributed by atoms with E-state index in [4.69, 9.17) is 9.72 Å².